The molecule has 1 aliphatic carbocycles. The van der Waals surface area contributed by atoms with Gasteiger partial charge in [-0.2, -0.15) is 0 Å². The van der Waals surface area contributed by atoms with Crippen molar-refractivity contribution in [2.24, 2.45) is 5.41 Å². The lowest BCUT2D eigenvalue weighted by Crippen LogP contribution is -2.42. The van der Waals surface area contributed by atoms with Crippen LogP contribution in [0.4, 0.5) is 0 Å². The highest BCUT2D eigenvalue weighted by Gasteiger charge is 2.51. The van der Waals surface area contributed by atoms with E-state index < -0.39 is 11.4 Å². The first-order chi connectivity index (χ1) is 11.0. The summed E-state index contributed by atoms with van der Waals surface area (Å²) in [6.07, 6.45) is 1.36. The molecule has 2 aliphatic rings. The van der Waals surface area contributed by atoms with Gasteiger partial charge in [-0.05, 0) is 25.3 Å². The number of hydrogen-bond donors (Lipinski definition) is 2. The van der Waals surface area contributed by atoms with Gasteiger partial charge >= 0.3 is 5.97 Å². The number of benzene rings is 1. The number of carboxylic acids is 1. The molecule has 0 bridgehead atoms. The fourth-order valence-electron chi connectivity index (χ4n) is 2.87. The van der Waals surface area contributed by atoms with E-state index in [2.05, 4.69) is 10.2 Å². The Morgan fingerprint density at radius 1 is 1.39 bits per heavy atom. The highest BCUT2D eigenvalue weighted by molar-refractivity contribution is 6.32. The number of nitrogens with one attached hydrogen (secondary N) is 1. The molecule has 1 heterocycles. The lowest BCUT2D eigenvalue weighted by molar-refractivity contribution is -0.144. The second kappa shape index (κ2) is 6.67. The molecule has 1 aromatic rings. The standard InChI is InChI=1S/C17H23ClN2O3/c1-12-2-3-13(10-20-8-6-19-7-9-20)15(14(12)18)23-11-17(4-5-17)16(21)22/h2-3,19H,4-11H2,1H3,(H,21,22). The van der Waals surface area contributed by atoms with Crippen LogP contribution in [0.25, 0.3) is 0 Å². The van der Waals surface area contributed by atoms with Crippen LogP contribution in [0.2, 0.25) is 5.02 Å². The number of rotatable bonds is 6. The summed E-state index contributed by atoms with van der Waals surface area (Å²) < 4.78 is 5.92. The molecule has 126 valence electrons. The highest BCUT2D eigenvalue weighted by atomic mass is 35.5. The number of halogens is 1. The second-order valence-corrected chi connectivity index (χ2v) is 6.96. The van der Waals surface area contributed by atoms with Crippen LogP contribution in [-0.2, 0) is 11.3 Å². The van der Waals surface area contributed by atoms with Gasteiger partial charge in [0.15, 0.2) is 0 Å². The number of piperazine rings is 1. The molecule has 3 rings (SSSR count). The molecule has 1 aromatic carbocycles. The zero-order chi connectivity index (χ0) is 16.4. The van der Waals surface area contributed by atoms with Gasteiger partial charge in [0.05, 0.1) is 5.02 Å². The lowest BCUT2D eigenvalue weighted by Gasteiger charge is -2.28. The Bertz CT molecular complexity index is 596. The van der Waals surface area contributed by atoms with Crippen molar-refractivity contribution in [1.82, 2.24) is 10.2 Å². The van der Waals surface area contributed by atoms with Gasteiger partial charge in [-0.15, -0.1) is 0 Å². The lowest BCUT2D eigenvalue weighted by atomic mass is 10.1. The van der Waals surface area contributed by atoms with E-state index in [-0.39, 0.29) is 6.61 Å². The fraction of sp³-hybridized carbons (Fsp3) is 0.588. The summed E-state index contributed by atoms with van der Waals surface area (Å²) in [6, 6.07) is 4.04. The molecule has 0 aromatic heterocycles. The van der Waals surface area contributed by atoms with E-state index in [1.165, 1.54) is 0 Å². The zero-order valence-corrected chi connectivity index (χ0v) is 14.2. The Labute approximate surface area is 141 Å². The maximum absolute atomic E-state index is 11.3. The molecule has 1 aliphatic heterocycles. The van der Waals surface area contributed by atoms with Crippen LogP contribution in [-0.4, -0.2) is 48.8 Å². The van der Waals surface area contributed by atoms with Crippen LogP contribution in [0.1, 0.15) is 24.0 Å². The molecule has 23 heavy (non-hydrogen) atoms. The summed E-state index contributed by atoms with van der Waals surface area (Å²) in [6.45, 7) is 6.86. The van der Waals surface area contributed by atoms with Crippen molar-refractivity contribution >= 4 is 17.6 Å². The summed E-state index contributed by atoms with van der Waals surface area (Å²) >= 11 is 6.44. The van der Waals surface area contributed by atoms with E-state index in [1.54, 1.807) is 0 Å². The number of carboxylic acid groups (broad SMARTS) is 1. The maximum atomic E-state index is 11.3. The summed E-state index contributed by atoms with van der Waals surface area (Å²) in [5, 5.41) is 13.2. The van der Waals surface area contributed by atoms with Crippen LogP contribution < -0.4 is 10.1 Å². The number of aryl methyl sites for hydroxylation is 1. The minimum Gasteiger partial charge on any atom is -0.490 e. The predicted octanol–water partition coefficient (Wildman–Crippen LogP) is 2.30. The quantitative estimate of drug-likeness (QED) is 0.833. The van der Waals surface area contributed by atoms with Crippen molar-refractivity contribution in [3.63, 3.8) is 0 Å². The molecule has 5 nitrogen and oxygen atoms in total. The van der Waals surface area contributed by atoms with Gasteiger partial charge in [0, 0.05) is 38.3 Å². The van der Waals surface area contributed by atoms with Gasteiger partial charge in [-0.3, -0.25) is 9.69 Å². The number of hydrogen-bond acceptors (Lipinski definition) is 4. The van der Waals surface area contributed by atoms with Gasteiger partial charge in [0.25, 0.3) is 0 Å². The minimum absolute atomic E-state index is 0.195. The van der Waals surface area contributed by atoms with Crippen LogP contribution in [0, 0.1) is 12.3 Å². The topological polar surface area (TPSA) is 61.8 Å². The number of ether oxygens (including phenoxy) is 1. The Morgan fingerprint density at radius 2 is 2.09 bits per heavy atom. The minimum atomic E-state index is -0.773. The molecular formula is C17H23ClN2O3. The van der Waals surface area contributed by atoms with Crippen LogP contribution in [0.3, 0.4) is 0 Å². The smallest absolute Gasteiger partial charge is 0.313 e. The first kappa shape index (κ1) is 16.6. The maximum Gasteiger partial charge on any atom is 0.313 e. The predicted molar refractivity (Wildman–Crippen MR) is 89.1 cm³/mol. The zero-order valence-electron chi connectivity index (χ0n) is 13.4. The average molecular weight is 339 g/mol. The van der Waals surface area contributed by atoms with E-state index in [0.717, 1.165) is 43.9 Å². The Hall–Kier alpha value is -1.30. The third kappa shape index (κ3) is 3.62. The molecule has 0 atom stereocenters. The largest absolute Gasteiger partial charge is 0.490 e. The first-order valence-electron chi connectivity index (χ1n) is 8.09. The SMILES string of the molecule is Cc1ccc(CN2CCNCC2)c(OCC2(C(=O)O)CC2)c1Cl. The van der Waals surface area contributed by atoms with Gasteiger partial charge in [-0.1, -0.05) is 23.7 Å². The number of nitrogens with zero attached hydrogens (tertiary/aromatic N) is 1. The molecular weight excluding hydrogens is 316 g/mol. The van der Waals surface area contributed by atoms with E-state index in [0.29, 0.717) is 23.6 Å². The van der Waals surface area contributed by atoms with Crippen molar-refractivity contribution in [2.45, 2.75) is 26.3 Å². The summed E-state index contributed by atoms with van der Waals surface area (Å²) in [7, 11) is 0. The van der Waals surface area contributed by atoms with Gasteiger partial charge in [-0.25, -0.2) is 0 Å². The summed E-state index contributed by atoms with van der Waals surface area (Å²) in [5.74, 6) is -0.123. The molecule has 0 radical (unpaired) electrons. The molecule has 6 heteroatoms. The molecule has 0 amide bonds. The molecule has 2 fully saturated rings. The van der Waals surface area contributed by atoms with Crippen molar-refractivity contribution in [1.29, 1.82) is 0 Å². The monoisotopic (exact) mass is 338 g/mol. The van der Waals surface area contributed by atoms with E-state index >= 15 is 0 Å². The number of aliphatic carboxylic acids is 1. The molecule has 2 N–H and O–H groups in total. The molecule has 0 unspecified atom stereocenters. The number of carbonyl (C=O) groups is 1. The third-order valence-corrected chi connectivity index (χ3v) is 5.25. The normalized spacial score (nSPS) is 20.3. The van der Waals surface area contributed by atoms with Crippen LogP contribution in [0.15, 0.2) is 12.1 Å². The van der Waals surface area contributed by atoms with Gasteiger partial charge < -0.3 is 15.2 Å². The van der Waals surface area contributed by atoms with Crippen LogP contribution in [0.5, 0.6) is 5.75 Å². The van der Waals surface area contributed by atoms with Gasteiger partial charge in [0.1, 0.15) is 17.8 Å². The van der Waals surface area contributed by atoms with E-state index in [4.69, 9.17) is 16.3 Å². The van der Waals surface area contributed by atoms with Crippen molar-refractivity contribution < 1.29 is 14.6 Å². The van der Waals surface area contributed by atoms with Gasteiger partial charge in [0.2, 0.25) is 0 Å². The Morgan fingerprint density at radius 3 is 2.70 bits per heavy atom. The Balaban J connectivity index is 1.76. The van der Waals surface area contributed by atoms with Crippen molar-refractivity contribution in [3.8, 4) is 5.75 Å². The van der Waals surface area contributed by atoms with E-state index in [1.807, 2.05) is 19.1 Å². The molecule has 1 saturated carbocycles. The Kier molecular flexibility index (Phi) is 4.80. The average Bonchev–Trinajstić information content (AvgIpc) is 3.33. The van der Waals surface area contributed by atoms with Crippen LogP contribution >= 0.6 is 11.6 Å². The summed E-state index contributed by atoms with van der Waals surface area (Å²) in [5.41, 5.74) is 1.27. The first-order valence-corrected chi connectivity index (χ1v) is 8.47. The third-order valence-electron chi connectivity index (χ3n) is 4.78. The fourth-order valence-corrected chi connectivity index (χ4v) is 3.11. The highest BCUT2D eigenvalue weighted by Crippen LogP contribution is 2.47. The molecule has 0 spiro atoms. The van der Waals surface area contributed by atoms with Crippen molar-refractivity contribution in [3.05, 3.63) is 28.3 Å². The van der Waals surface area contributed by atoms with Crippen molar-refractivity contribution in [2.75, 3.05) is 32.8 Å². The summed E-state index contributed by atoms with van der Waals surface area (Å²) in [4.78, 5) is 13.7. The molecule has 1 saturated heterocycles. The second-order valence-electron chi connectivity index (χ2n) is 6.58. The van der Waals surface area contributed by atoms with E-state index in [9.17, 15) is 9.90 Å².